The summed E-state index contributed by atoms with van der Waals surface area (Å²) < 4.78 is 11.4. The molecule has 0 bridgehead atoms. The van der Waals surface area contributed by atoms with Gasteiger partial charge in [-0.05, 0) is 49.1 Å². The maximum Gasteiger partial charge on any atom is 0.146 e. The van der Waals surface area contributed by atoms with Crippen molar-refractivity contribution in [2.24, 2.45) is 0 Å². The van der Waals surface area contributed by atoms with E-state index in [0.29, 0.717) is 12.6 Å². The van der Waals surface area contributed by atoms with Crippen LogP contribution >= 0.6 is 11.6 Å². The molecule has 1 aromatic carbocycles. The van der Waals surface area contributed by atoms with E-state index in [2.05, 4.69) is 12.2 Å². The number of furan rings is 1. The van der Waals surface area contributed by atoms with Gasteiger partial charge < -0.3 is 14.5 Å². The second kappa shape index (κ2) is 6.54. The lowest BCUT2D eigenvalue weighted by atomic mass is 10.1. The zero-order valence-corrected chi connectivity index (χ0v) is 13.0. The molecule has 4 heteroatoms. The highest BCUT2D eigenvalue weighted by molar-refractivity contribution is 6.31. The van der Waals surface area contributed by atoms with Crippen molar-refractivity contribution in [3.8, 4) is 5.75 Å². The van der Waals surface area contributed by atoms with Gasteiger partial charge in [-0.15, -0.1) is 0 Å². The fourth-order valence-electron chi connectivity index (χ4n) is 2.25. The second-order valence-corrected chi connectivity index (χ2v) is 5.83. The van der Waals surface area contributed by atoms with Crippen LogP contribution in [0.2, 0.25) is 5.02 Å². The van der Waals surface area contributed by atoms with Gasteiger partial charge in [0.15, 0.2) is 0 Å². The summed E-state index contributed by atoms with van der Waals surface area (Å²) in [5.74, 6) is 1.71. The average Bonchev–Trinajstić information content (AvgIpc) is 3.22. The first kappa shape index (κ1) is 14.5. The minimum absolute atomic E-state index is 0.444. The smallest absolute Gasteiger partial charge is 0.146 e. The largest absolute Gasteiger partial charge is 0.486 e. The maximum atomic E-state index is 6.12. The molecule has 2 aromatic rings. The molecule has 0 saturated heterocycles. The third-order valence-corrected chi connectivity index (χ3v) is 4.13. The van der Waals surface area contributed by atoms with E-state index < -0.39 is 0 Å². The quantitative estimate of drug-likeness (QED) is 0.827. The zero-order chi connectivity index (χ0) is 14.7. The first-order valence-corrected chi connectivity index (χ1v) is 7.84. The van der Waals surface area contributed by atoms with Crippen molar-refractivity contribution in [2.75, 3.05) is 0 Å². The number of rotatable bonds is 7. The van der Waals surface area contributed by atoms with E-state index in [1.807, 2.05) is 24.3 Å². The lowest BCUT2D eigenvalue weighted by Gasteiger charge is -2.09. The summed E-state index contributed by atoms with van der Waals surface area (Å²) in [6, 6.07) is 8.47. The third kappa shape index (κ3) is 3.80. The first-order valence-electron chi connectivity index (χ1n) is 7.46. The molecule has 1 aromatic heterocycles. The van der Waals surface area contributed by atoms with E-state index in [4.69, 9.17) is 20.8 Å². The van der Waals surface area contributed by atoms with E-state index >= 15 is 0 Å². The van der Waals surface area contributed by atoms with E-state index in [0.717, 1.165) is 35.1 Å². The van der Waals surface area contributed by atoms with Gasteiger partial charge in [0.05, 0.1) is 6.26 Å². The van der Waals surface area contributed by atoms with Gasteiger partial charge in [0, 0.05) is 23.2 Å². The minimum Gasteiger partial charge on any atom is -0.486 e. The number of hydrogen-bond donors (Lipinski definition) is 1. The number of halogens is 1. The van der Waals surface area contributed by atoms with Gasteiger partial charge in [0.2, 0.25) is 0 Å². The molecule has 1 aliphatic rings. The van der Waals surface area contributed by atoms with Gasteiger partial charge in [0.1, 0.15) is 18.1 Å². The molecule has 3 nitrogen and oxygen atoms in total. The molecule has 0 unspecified atom stereocenters. The topological polar surface area (TPSA) is 34.4 Å². The highest BCUT2D eigenvalue weighted by Gasteiger charge is 2.21. The minimum atomic E-state index is 0.444. The summed E-state index contributed by atoms with van der Waals surface area (Å²) in [5.41, 5.74) is 2.27. The number of ether oxygens (including phenoxy) is 1. The first-order chi connectivity index (χ1) is 10.3. The van der Waals surface area contributed by atoms with Crippen LogP contribution < -0.4 is 10.1 Å². The number of benzene rings is 1. The summed E-state index contributed by atoms with van der Waals surface area (Å²) in [4.78, 5) is 0. The van der Waals surface area contributed by atoms with Gasteiger partial charge in [-0.3, -0.25) is 0 Å². The van der Waals surface area contributed by atoms with E-state index in [1.165, 1.54) is 18.4 Å². The Kier molecular flexibility index (Phi) is 4.51. The maximum absolute atomic E-state index is 6.12. The zero-order valence-electron chi connectivity index (χ0n) is 12.2. The number of nitrogens with one attached hydrogen (secondary N) is 1. The highest BCUT2D eigenvalue weighted by Crippen LogP contribution is 2.24. The normalized spacial score (nSPS) is 14.4. The average molecular weight is 306 g/mol. The van der Waals surface area contributed by atoms with Crippen LogP contribution in [0.15, 0.2) is 34.9 Å². The fourth-order valence-corrected chi connectivity index (χ4v) is 2.50. The van der Waals surface area contributed by atoms with Crippen molar-refractivity contribution in [3.05, 3.63) is 52.4 Å². The highest BCUT2D eigenvalue weighted by atomic mass is 35.5. The van der Waals surface area contributed by atoms with Crippen molar-refractivity contribution in [3.63, 3.8) is 0 Å². The lowest BCUT2D eigenvalue weighted by Crippen LogP contribution is -2.16. The fraction of sp³-hybridized carbons (Fsp3) is 0.412. The predicted molar refractivity (Wildman–Crippen MR) is 83.7 cm³/mol. The number of aryl methyl sites for hydroxylation is 1. The van der Waals surface area contributed by atoms with Gasteiger partial charge >= 0.3 is 0 Å². The Morgan fingerprint density at radius 2 is 2.14 bits per heavy atom. The van der Waals surface area contributed by atoms with Crippen molar-refractivity contribution in [2.45, 2.75) is 45.4 Å². The molecular formula is C17H20ClNO2. The monoisotopic (exact) mass is 305 g/mol. The molecule has 1 heterocycles. The van der Waals surface area contributed by atoms with E-state index in [1.54, 1.807) is 6.26 Å². The van der Waals surface area contributed by atoms with Crippen molar-refractivity contribution in [1.29, 1.82) is 0 Å². The van der Waals surface area contributed by atoms with Crippen LogP contribution in [0.1, 0.15) is 36.7 Å². The molecule has 0 amide bonds. The molecule has 1 N–H and O–H groups in total. The molecule has 0 radical (unpaired) electrons. The Labute approximate surface area is 130 Å². The molecule has 3 rings (SSSR count). The molecular weight excluding hydrogens is 286 g/mol. The van der Waals surface area contributed by atoms with E-state index in [-0.39, 0.29) is 0 Å². The summed E-state index contributed by atoms with van der Waals surface area (Å²) in [7, 11) is 0. The standard InChI is InChI=1S/C17H20ClNO2/c1-2-12-9-15(5-6-16(12)18)21-11-17-13(7-8-20-17)10-19-14-3-4-14/h5-9,14,19H,2-4,10-11H2,1H3. The van der Waals surface area contributed by atoms with Crippen LogP contribution in [0.3, 0.4) is 0 Å². The number of hydrogen-bond acceptors (Lipinski definition) is 3. The molecule has 0 spiro atoms. The lowest BCUT2D eigenvalue weighted by molar-refractivity contribution is 0.268. The molecule has 21 heavy (non-hydrogen) atoms. The van der Waals surface area contributed by atoms with Crippen LogP contribution in [0.5, 0.6) is 5.75 Å². The Hall–Kier alpha value is -1.45. The Morgan fingerprint density at radius 3 is 2.90 bits per heavy atom. The van der Waals surface area contributed by atoms with Crippen molar-refractivity contribution >= 4 is 11.6 Å². The van der Waals surface area contributed by atoms with Crippen LogP contribution in [0, 0.1) is 0 Å². The van der Waals surface area contributed by atoms with Gasteiger partial charge in [-0.25, -0.2) is 0 Å². The Bertz CT molecular complexity index is 605. The Balaban J connectivity index is 1.60. The summed E-state index contributed by atoms with van der Waals surface area (Å²) in [6.07, 6.45) is 5.19. The molecule has 1 aliphatic carbocycles. The van der Waals surface area contributed by atoms with Gasteiger partial charge in [-0.2, -0.15) is 0 Å². The SMILES string of the molecule is CCc1cc(OCc2occc2CNC2CC2)ccc1Cl. The molecule has 1 saturated carbocycles. The van der Waals surface area contributed by atoms with Crippen LogP contribution in [-0.4, -0.2) is 6.04 Å². The summed E-state index contributed by atoms with van der Waals surface area (Å²) in [5, 5.41) is 4.28. The van der Waals surface area contributed by atoms with Gasteiger partial charge in [0.25, 0.3) is 0 Å². The molecule has 0 atom stereocenters. The molecule has 1 fully saturated rings. The summed E-state index contributed by atoms with van der Waals surface area (Å²) >= 11 is 6.12. The van der Waals surface area contributed by atoms with Crippen molar-refractivity contribution in [1.82, 2.24) is 5.32 Å². The molecule has 0 aliphatic heterocycles. The third-order valence-electron chi connectivity index (χ3n) is 3.76. The van der Waals surface area contributed by atoms with Crippen LogP contribution in [-0.2, 0) is 19.6 Å². The van der Waals surface area contributed by atoms with Crippen LogP contribution in [0.4, 0.5) is 0 Å². The Morgan fingerprint density at radius 1 is 1.29 bits per heavy atom. The summed E-state index contributed by atoms with van der Waals surface area (Å²) in [6.45, 7) is 3.37. The predicted octanol–water partition coefficient (Wildman–Crippen LogP) is 4.33. The molecule has 112 valence electrons. The van der Waals surface area contributed by atoms with Crippen molar-refractivity contribution < 1.29 is 9.15 Å². The van der Waals surface area contributed by atoms with Crippen LogP contribution in [0.25, 0.3) is 0 Å². The van der Waals surface area contributed by atoms with E-state index in [9.17, 15) is 0 Å². The van der Waals surface area contributed by atoms with Gasteiger partial charge in [-0.1, -0.05) is 18.5 Å². The second-order valence-electron chi connectivity index (χ2n) is 5.42.